The van der Waals surface area contributed by atoms with Crippen LogP contribution in [0, 0.1) is 0 Å². The van der Waals surface area contributed by atoms with Crippen molar-refractivity contribution < 1.29 is 9.53 Å². The number of aromatic nitrogens is 1. The van der Waals surface area contributed by atoms with Crippen LogP contribution in [0.5, 0.6) is 5.75 Å². The Kier molecular flexibility index (Phi) is 6.41. The van der Waals surface area contributed by atoms with Crippen molar-refractivity contribution in [3.8, 4) is 5.75 Å². The van der Waals surface area contributed by atoms with E-state index >= 15 is 0 Å². The summed E-state index contributed by atoms with van der Waals surface area (Å²) in [4.78, 5) is 16.7. The largest absolute Gasteiger partial charge is 0.497 e. The number of carbonyl (C=O) groups excluding carboxylic acids is 1. The van der Waals surface area contributed by atoms with E-state index in [1.165, 1.54) is 5.56 Å². The lowest BCUT2D eigenvalue weighted by Crippen LogP contribution is -2.12. The van der Waals surface area contributed by atoms with Crippen LogP contribution in [-0.4, -0.2) is 24.5 Å². The predicted octanol–water partition coefficient (Wildman–Crippen LogP) is 4.39. The molecule has 138 valence electrons. The summed E-state index contributed by atoms with van der Waals surface area (Å²) >= 11 is 0. The molecule has 5 nitrogen and oxygen atoms in total. The normalized spacial score (nSPS) is 10.3. The molecule has 27 heavy (non-hydrogen) atoms. The molecule has 2 N–H and O–H groups in total. The summed E-state index contributed by atoms with van der Waals surface area (Å²) in [5.41, 5.74) is 2.52. The molecule has 0 aliphatic heterocycles. The number of nitrogens with zero attached hydrogens (tertiary/aromatic N) is 1. The summed E-state index contributed by atoms with van der Waals surface area (Å²) in [5, 5.41) is 6.13. The Morgan fingerprint density at radius 3 is 2.63 bits per heavy atom. The number of amides is 1. The fourth-order valence-electron chi connectivity index (χ4n) is 2.69. The zero-order chi connectivity index (χ0) is 18.9. The number of carbonyl (C=O) groups is 1. The van der Waals surface area contributed by atoms with Gasteiger partial charge >= 0.3 is 0 Å². The SMILES string of the molecule is COc1cccc(NC(=O)c2ccc(NCCCc3ccccc3)nc2)c1. The van der Waals surface area contributed by atoms with Gasteiger partial charge < -0.3 is 15.4 Å². The molecule has 0 unspecified atom stereocenters. The van der Waals surface area contributed by atoms with Gasteiger partial charge in [0.2, 0.25) is 0 Å². The van der Waals surface area contributed by atoms with E-state index in [-0.39, 0.29) is 5.91 Å². The second-order valence-electron chi connectivity index (χ2n) is 6.13. The summed E-state index contributed by atoms with van der Waals surface area (Å²) in [6.45, 7) is 0.831. The molecule has 0 bridgehead atoms. The van der Waals surface area contributed by atoms with Gasteiger partial charge in [-0.2, -0.15) is 0 Å². The maximum atomic E-state index is 12.3. The van der Waals surface area contributed by atoms with Crippen molar-refractivity contribution in [2.24, 2.45) is 0 Å². The molecule has 0 aliphatic carbocycles. The number of benzene rings is 2. The molecule has 3 rings (SSSR count). The minimum atomic E-state index is -0.202. The zero-order valence-corrected chi connectivity index (χ0v) is 15.3. The van der Waals surface area contributed by atoms with Gasteiger partial charge in [-0.25, -0.2) is 4.98 Å². The van der Waals surface area contributed by atoms with Crippen LogP contribution in [0.2, 0.25) is 0 Å². The van der Waals surface area contributed by atoms with Gasteiger partial charge in [-0.05, 0) is 42.7 Å². The van der Waals surface area contributed by atoms with E-state index in [1.54, 1.807) is 25.4 Å². The number of hydrogen-bond donors (Lipinski definition) is 2. The maximum absolute atomic E-state index is 12.3. The first-order valence-electron chi connectivity index (χ1n) is 8.94. The van der Waals surface area contributed by atoms with Crippen LogP contribution >= 0.6 is 0 Å². The van der Waals surface area contributed by atoms with Gasteiger partial charge in [-0.15, -0.1) is 0 Å². The molecule has 0 saturated heterocycles. The summed E-state index contributed by atoms with van der Waals surface area (Å²) in [6.07, 6.45) is 3.62. The third-order valence-corrected chi connectivity index (χ3v) is 4.14. The lowest BCUT2D eigenvalue weighted by atomic mass is 10.1. The number of pyridine rings is 1. The van der Waals surface area contributed by atoms with Crippen molar-refractivity contribution in [2.45, 2.75) is 12.8 Å². The van der Waals surface area contributed by atoms with Crippen molar-refractivity contribution in [3.63, 3.8) is 0 Å². The Bertz CT molecular complexity index is 864. The molecule has 0 spiro atoms. The minimum absolute atomic E-state index is 0.202. The minimum Gasteiger partial charge on any atom is -0.497 e. The Labute approximate surface area is 159 Å². The number of nitrogens with one attached hydrogen (secondary N) is 2. The van der Waals surface area contributed by atoms with Crippen LogP contribution < -0.4 is 15.4 Å². The quantitative estimate of drug-likeness (QED) is 0.584. The number of rotatable bonds is 8. The second-order valence-corrected chi connectivity index (χ2v) is 6.13. The van der Waals surface area contributed by atoms with Crippen LogP contribution in [0.25, 0.3) is 0 Å². The molecule has 5 heteroatoms. The van der Waals surface area contributed by atoms with Gasteiger partial charge in [-0.3, -0.25) is 4.79 Å². The lowest BCUT2D eigenvalue weighted by Gasteiger charge is -2.08. The third kappa shape index (κ3) is 5.57. The fraction of sp³-hybridized carbons (Fsp3) is 0.182. The van der Waals surface area contributed by atoms with E-state index in [2.05, 4.69) is 39.9 Å². The van der Waals surface area contributed by atoms with Crippen LogP contribution in [-0.2, 0) is 6.42 Å². The molecule has 0 aliphatic rings. The predicted molar refractivity (Wildman–Crippen MR) is 108 cm³/mol. The Morgan fingerprint density at radius 1 is 1.04 bits per heavy atom. The Hall–Kier alpha value is -3.34. The monoisotopic (exact) mass is 361 g/mol. The molecule has 0 saturated carbocycles. The van der Waals surface area contributed by atoms with E-state index in [0.717, 1.165) is 25.2 Å². The highest BCUT2D eigenvalue weighted by Gasteiger charge is 2.07. The standard InChI is InChI=1S/C22H23N3O2/c1-27-20-11-5-10-19(15-20)25-22(26)18-12-13-21(24-16-18)23-14-6-9-17-7-3-2-4-8-17/h2-5,7-8,10-13,15-16H,6,9,14H2,1H3,(H,23,24)(H,25,26). The highest BCUT2D eigenvalue weighted by molar-refractivity contribution is 6.04. The lowest BCUT2D eigenvalue weighted by molar-refractivity contribution is 0.102. The molecule has 1 heterocycles. The third-order valence-electron chi connectivity index (χ3n) is 4.14. The molecule has 2 aromatic carbocycles. The van der Waals surface area contributed by atoms with Gasteiger partial charge in [0.05, 0.1) is 12.7 Å². The summed E-state index contributed by atoms with van der Waals surface area (Å²) in [6, 6.07) is 21.2. The highest BCUT2D eigenvalue weighted by Crippen LogP contribution is 2.17. The van der Waals surface area contributed by atoms with E-state index < -0.39 is 0 Å². The molecular weight excluding hydrogens is 338 g/mol. The van der Waals surface area contributed by atoms with E-state index in [4.69, 9.17) is 4.74 Å². The van der Waals surface area contributed by atoms with E-state index in [0.29, 0.717) is 17.0 Å². The number of anilines is 2. The van der Waals surface area contributed by atoms with Gasteiger partial charge in [0, 0.05) is 24.5 Å². The first kappa shape index (κ1) is 18.5. The van der Waals surface area contributed by atoms with Crippen LogP contribution in [0.1, 0.15) is 22.3 Å². The summed E-state index contributed by atoms with van der Waals surface area (Å²) in [5.74, 6) is 1.26. The van der Waals surface area contributed by atoms with Crippen LogP contribution in [0.15, 0.2) is 72.9 Å². The molecule has 1 aromatic heterocycles. The fourth-order valence-corrected chi connectivity index (χ4v) is 2.69. The van der Waals surface area contributed by atoms with E-state index in [1.807, 2.05) is 30.3 Å². The summed E-state index contributed by atoms with van der Waals surface area (Å²) in [7, 11) is 1.59. The van der Waals surface area contributed by atoms with Crippen molar-refractivity contribution >= 4 is 17.4 Å². The van der Waals surface area contributed by atoms with Crippen LogP contribution in [0.4, 0.5) is 11.5 Å². The topological polar surface area (TPSA) is 63.2 Å². The molecule has 0 atom stereocenters. The molecule has 0 fully saturated rings. The molecular formula is C22H23N3O2. The Balaban J connectivity index is 1.48. The smallest absolute Gasteiger partial charge is 0.257 e. The van der Waals surface area contributed by atoms with Crippen molar-refractivity contribution in [2.75, 3.05) is 24.3 Å². The first-order chi connectivity index (χ1) is 13.2. The average Bonchev–Trinajstić information content (AvgIpc) is 2.72. The number of methoxy groups -OCH3 is 1. The highest BCUT2D eigenvalue weighted by atomic mass is 16.5. The number of hydrogen-bond acceptors (Lipinski definition) is 4. The van der Waals surface area contributed by atoms with Crippen LogP contribution in [0.3, 0.4) is 0 Å². The van der Waals surface area contributed by atoms with Crippen molar-refractivity contribution in [3.05, 3.63) is 84.1 Å². The molecule has 1 amide bonds. The second kappa shape index (κ2) is 9.38. The van der Waals surface area contributed by atoms with Crippen molar-refractivity contribution in [1.82, 2.24) is 4.98 Å². The maximum Gasteiger partial charge on any atom is 0.257 e. The summed E-state index contributed by atoms with van der Waals surface area (Å²) < 4.78 is 5.16. The van der Waals surface area contributed by atoms with Crippen molar-refractivity contribution in [1.29, 1.82) is 0 Å². The number of ether oxygens (including phenoxy) is 1. The Morgan fingerprint density at radius 2 is 1.89 bits per heavy atom. The van der Waals surface area contributed by atoms with Gasteiger partial charge in [0.25, 0.3) is 5.91 Å². The first-order valence-corrected chi connectivity index (χ1v) is 8.94. The van der Waals surface area contributed by atoms with Gasteiger partial charge in [0.1, 0.15) is 11.6 Å². The average molecular weight is 361 g/mol. The van der Waals surface area contributed by atoms with Gasteiger partial charge in [-0.1, -0.05) is 36.4 Å². The van der Waals surface area contributed by atoms with E-state index in [9.17, 15) is 4.79 Å². The molecule has 3 aromatic rings. The molecule has 0 radical (unpaired) electrons. The van der Waals surface area contributed by atoms with Gasteiger partial charge in [0.15, 0.2) is 0 Å². The number of aryl methyl sites for hydroxylation is 1. The zero-order valence-electron chi connectivity index (χ0n) is 15.3.